The predicted octanol–water partition coefficient (Wildman–Crippen LogP) is 9.75. The maximum Gasteiger partial charge on any atom is 0.0725 e. The van der Waals surface area contributed by atoms with Gasteiger partial charge in [0.2, 0.25) is 0 Å². The molecular weight excluding hydrogens is 420 g/mol. The van der Waals surface area contributed by atoms with Crippen molar-refractivity contribution in [1.29, 1.82) is 0 Å². The molecule has 7 rings (SSSR count). The second-order valence-corrected chi connectivity index (χ2v) is 8.48. The van der Waals surface area contributed by atoms with Gasteiger partial charge in [-0.05, 0) is 55.6 Å². The van der Waals surface area contributed by atoms with E-state index in [4.69, 9.17) is 0 Å². The molecule has 0 radical (unpaired) electrons. The average molecular weight is 453 g/mol. The van der Waals surface area contributed by atoms with E-state index in [1.807, 2.05) is 27.7 Å². The summed E-state index contributed by atoms with van der Waals surface area (Å²) in [4.78, 5) is 0. The second kappa shape index (κ2) is 9.39. The Hall–Kier alpha value is -3.90. The lowest BCUT2D eigenvalue weighted by Gasteiger charge is -2.35. The number of fused-ring (bicyclic) bond motifs is 12. The van der Waals surface area contributed by atoms with E-state index < -0.39 is 0 Å². The molecule has 0 heterocycles. The molecule has 0 heteroatoms. The van der Waals surface area contributed by atoms with Crippen LogP contribution in [0.3, 0.4) is 0 Å². The third kappa shape index (κ3) is 3.13. The summed E-state index contributed by atoms with van der Waals surface area (Å²) in [6, 6.07) is 44.8. The van der Waals surface area contributed by atoms with Crippen LogP contribution in [-0.2, 0) is 5.41 Å². The normalized spacial score (nSPS) is 12.8. The second-order valence-electron chi connectivity index (χ2n) is 8.48. The molecule has 0 aliphatic heterocycles. The highest BCUT2D eigenvalue weighted by atomic mass is 14.5. The van der Waals surface area contributed by atoms with E-state index in [-0.39, 0.29) is 5.41 Å². The molecule has 5 aromatic carbocycles. The molecule has 0 atom stereocenters. The van der Waals surface area contributed by atoms with Crippen molar-refractivity contribution < 1.29 is 0 Å². The van der Waals surface area contributed by atoms with Gasteiger partial charge in [0.05, 0.1) is 5.41 Å². The Morgan fingerprint density at radius 3 is 0.771 bits per heavy atom. The molecule has 0 aromatic heterocycles. The summed E-state index contributed by atoms with van der Waals surface area (Å²) in [6.45, 7) is 8.00. The van der Waals surface area contributed by atoms with Crippen LogP contribution in [0.2, 0.25) is 0 Å². The molecule has 2 aliphatic rings. The van der Waals surface area contributed by atoms with Gasteiger partial charge in [0.1, 0.15) is 0 Å². The minimum Gasteiger partial charge on any atom is -0.0683 e. The molecule has 0 unspecified atom stereocenters. The Bertz CT molecular complexity index is 1370. The Morgan fingerprint density at radius 2 is 0.486 bits per heavy atom. The lowest BCUT2D eigenvalue weighted by Crippen LogP contribution is -2.29. The molecule has 0 bridgehead atoms. The van der Waals surface area contributed by atoms with Gasteiger partial charge >= 0.3 is 0 Å². The van der Waals surface area contributed by atoms with Crippen LogP contribution in [0.25, 0.3) is 33.4 Å². The molecule has 1 spiro atoms. The summed E-state index contributed by atoms with van der Waals surface area (Å²) in [6.07, 6.45) is 0. The highest BCUT2D eigenvalue weighted by Gasteiger charge is 2.49. The molecule has 35 heavy (non-hydrogen) atoms. The van der Waals surface area contributed by atoms with E-state index in [1.54, 1.807) is 0 Å². The van der Waals surface area contributed by atoms with Gasteiger partial charge in [-0.3, -0.25) is 0 Å². The van der Waals surface area contributed by atoms with Crippen LogP contribution in [0.1, 0.15) is 49.9 Å². The van der Waals surface area contributed by atoms with Crippen molar-refractivity contribution in [1.82, 2.24) is 0 Å². The molecule has 0 saturated carbocycles. The SMILES string of the molecule is CC.CC.c1ccc2c(c1)-c1ccccc1C1(c3ccccc3-2)c2ccccc2-c2ccccc21. The molecule has 5 aromatic rings. The standard InChI is InChI=1S/C31H20.2C2H6/c1-2-12-22-21(11-1)23-13-3-7-17-27(23)31(28-18-8-4-14-24(22)28)29-19-9-5-15-25(29)26-16-6-10-20-30(26)31;2*1-2/h1-20H;2*1-2H3. The largest absolute Gasteiger partial charge is 0.0725 e. The minimum atomic E-state index is -0.334. The molecule has 0 amide bonds. The third-order valence-electron chi connectivity index (χ3n) is 7.12. The Balaban J connectivity index is 0.000000605. The molecule has 2 aliphatic carbocycles. The lowest BCUT2D eigenvalue weighted by atomic mass is 9.66. The van der Waals surface area contributed by atoms with Crippen molar-refractivity contribution >= 4 is 0 Å². The minimum absolute atomic E-state index is 0.334. The lowest BCUT2D eigenvalue weighted by molar-refractivity contribution is 0.775. The van der Waals surface area contributed by atoms with E-state index in [2.05, 4.69) is 121 Å². The molecule has 0 nitrogen and oxygen atoms in total. The number of benzene rings is 5. The number of rotatable bonds is 0. The average Bonchev–Trinajstić information content (AvgIpc) is 3.20. The molecule has 0 N–H and O–H groups in total. The van der Waals surface area contributed by atoms with Gasteiger partial charge < -0.3 is 0 Å². The quantitative estimate of drug-likeness (QED) is 0.215. The summed E-state index contributed by atoms with van der Waals surface area (Å²) in [5, 5.41) is 0. The summed E-state index contributed by atoms with van der Waals surface area (Å²) in [5.41, 5.74) is 13.1. The van der Waals surface area contributed by atoms with Gasteiger partial charge in [-0.25, -0.2) is 0 Å². The van der Waals surface area contributed by atoms with Crippen molar-refractivity contribution in [3.05, 3.63) is 144 Å². The van der Waals surface area contributed by atoms with Crippen molar-refractivity contribution in [3.63, 3.8) is 0 Å². The van der Waals surface area contributed by atoms with E-state index >= 15 is 0 Å². The van der Waals surface area contributed by atoms with Crippen LogP contribution in [0.5, 0.6) is 0 Å². The van der Waals surface area contributed by atoms with E-state index in [1.165, 1.54) is 55.6 Å². The van der Waals surface area contributed by atoms with Crippen LogP contribution in [0.15, 0.2) is 121 Å². The zero-order valence-corrected chi connectivity index (χ0v) is 21.0. The highest BCUT2D eigenvalue weighted by molar-refractivity contribution is 5.96. The van der Waals surface area contributed by atoms with E-state index in [9.17, 15) is 0 Å². The summed E-state index contributed by atoms with van der Waals surface area (Å²) < 4.78 is 0. The van der Waals surface area contributed by atoms with Gasteiger partial charge in [-0.1, -0.05) is 149 Å². The first-order chi connectivity index (χ1) is 17.4. The van der Waals surface area contributed by atoms with Gasteiger partial charge in [-0.2, -0.15) is 0 Å². The Morgan fingerprint density at radius 1 is 0.286 bits per heavy atom. The fraction of sp³-hybridized carbons (Fsp3) is 0.143. The van der Waals surface area contributed by atoms with Gasteiger partial charge in [0, 0.05) is 0 Å². The Labute approximate surface area is 209 Å². The first-order valence-electron chi connectivity index (χ1n) is 12.9. The maximum atomic E-state index is 2.34. The zero-order chi connectivity index (χ0) is 24.4. The first kappa shape index (κ1) is 22.9. The molecule has 0 saturated heterocycles. The third-order valence-corrected chi connectivity index (χ3v) is 7.12. The van der Waals surface area contributed by atoms with Crippen LogP contribution >= 0.6 is 0 Å². The van der Waals surface area contributed by atoms with Crippen molar-refractivity contribution in [2.24, 2.45) is 0 Å². The van der Waals surface area contributed by atoms with Crippen molar-refractivity contribution in [3.8, 4) is 33.4 Å². The van der Waals surface area contributed by atoms with Crippen LogP contribution < -0.4 is 0 Å². The van der Waals surface area contributed by atoms with Crippen molar-refractivity contribution in [2.45, 2.75) is 33.1 Å². The van der Waals surface area contributed by atoms with Gasteiger partial charge in [0.25, 0.3) is 0 Å². The number of hydrogen-bond donors (Lipinski definition) is 0. The topological polar surface area (TPSA) is 0 Å². The summed E-state index contributed by atoms with van der Waals surface area (Å²) >= 11 is 0. The monoisotopic (exact) mass is 452 g/mol. The predicted molar refractivity (Wildman–Crippen MR) is 151 cm³/mol. The molecule has 0 fully saturated rings. The molecular formula is C35H32. The van der Waals surface area contributed by atoms with Gasteiger partial charge in [-0.15, -0.1) is 0 Å². The number of hydrogen-bond acceptors (Lipinski definition) is 0. The summed E-state index contributed by atoms with van der Waals surface area (Å²) in [5.74, 6) is 0. The van der Waals surface area contributed by atoms with Gasteiger partial charge in [0.15, 0.2) is 0 Å². The zero-order valence-electron chi connectivity index (χ0n) is 21.0. The fourth-order valence-corrected chi connectivity index (χ4v) is 6.00. The smallest absolute Gasteiger partial charge is 0.0683 e. The summed E-state index contributed by atoms with van der Waals surface area (Å²) in [7, 11) is 0. The van der Waals surface area contributed by atoms with E-state index in [0.29, 0.717) is 0 Å². The maximum absolute atomic E-state index is 2.34. The highest BCUT2D eigenvalue weighted by Crippen LogP contribution is 2.61. The van der Waals surface area contributed by atoms with E-state index in [0.717, 1.165) is 0 Å². The van der Waals surface area contributed by atoms with Crippen LogP contribution in [-0.4, -0.2) is 0 Å². The van der Waals surface area contributed by atoms with Crippen LogP contribution in [0.4, 0.5) is 0 Å². The first-order valence-corrected chi connectivity index (χ1v) is 12.9. The van der Waals surface area contributed by atoms with Crippen LogP contribution in [0, 0.1) is 0 Å². The Kier molecular flexibility index (Phi) is 6.14. The molecule has 172 valence electrons. The van der Waals surface area contributed by atoms with Crippen molar-refractivity contribution in [2.75, 3.05) is 0 Å². The fourth-order valence-electron chi connectivity index (χ4n) is 6.00.